The van der Waals surface area contributed by atoms with Crippen LogP contribution in [0, 0.1) is 17.7 Å². The Morgan fingerprint density at radius 3 is 2.55 bits per heavy atom. The van der Waals surface area contributed by atoms with Gasteiger partial charge in [0.05, 0.1) is 4.47 Å². The van der Waals surface area contributed by atoms with Crippen LogP contribution in [0.2, 0.25) is 0 Å². The highest BCUT2D eigenvalue weighted by atomic mass is 79.9. The average Bonchev–Trinajstić information content (AvgIpc) is 2.48. The minimum absolute atomic E-state index is 0.160. The highest BCUT2D eigenvalue weighted by Gasteiger charge is 2.29. The molecule has 0 heterocycles. The molecular weight excluding hydrogens is 317 g/mol. The van der Waals surface area contributed by atoms with Crippen molar-refractivity contribution in [2.45, 2.75) is 52.0 Å². The minimum Gasteiger partial charge on any atom is -0.310 e. The summed E-state index contributed by atoms with van der Waals surface area (Å²) in [5, 5.41) is 3.57. The fraction of sp³-hybridized carbons (Fsp3) is 0.647. The molecule has 1 aromatic rings. The zero-order valence-corrected chi connectivity index (χ0v) is 14.0. The largest absolute Gasteiger partial charge is 0.310 e. The lowest BCUT2D eigenvalue weighted by atomic mass is 9.76. The van der Waals surface area contributed by atoms with E-state index in [1.807, 2.05) is 12.1 Å². The Balaban J connectivity index is 2.17. The molecule has 1 saturated carbocycles. The predicted molar refractivity (Wildman–Crippen MR) is 86.3 cm³/mol. The lowest BCUT2D eigenvalue weighted by molar-refractivity contribution is 0.219. The molecule has 1 unspecified atom stereocenters. The molecule has 0 aliphatic heterocycles. The summed E-state index contributed by atoms with van der Waals surface area (Å²) < 4.78 is 14.4. The zero-order valence-electron chi connectivity index (χ0n) is 12.5. The normalized spacial score (nSPS) is 24.6. The number of hydrogen-bond donors (Lipinski definition) is 1. The van der Waals surface area contributed by atoms with Crippen LogP contribution >= 0.6 is 15.9 Å². The van der Waals surface area contributed by atoms with Crippen molar-refractivity contribution in [3.05, 3.63) is 34.1 Å². The molecule has 1 fully saturated rings. The molecule has 0 saturated heterocycles. The van der Waals surface area contributed by atoms with Gasteiger partial charge in [-0.15, -0.1) is 0 Å². The van der Waals surface area contributed by atoms with E-state index in [2.05, 4.69) is 35.1 Å². The van der Waals surface area contributed by atoms with Crippen molar-refractivity contribution < 1.29 is 4.39 Å². The smallest absolute Gasteiger partial charge is 0.137 e. The first-order valence-electron chi connectivity index (χ1n) is 7.84. The van der Waals surface area contributed by atoms with Crippen LogP contribution in [0.5, 0.6) is 0 Å². The summed E-state index contributed by atoms with van der Waals surface area (Å²) in [4.78, 5) is 0. The van der Waals surface area contributed by atoms with E-state index in [9.17, 15) is 4.39 Å². The van der Waals surface area contributed by atoms with E-state index >= 15 is 0 Å². The van der Waals surface area contributed by atoms with Gasteiger partial charge in [0.2, 0.25) is 0 Å². The van der Waals surface area contributed by atoms with Crippen molar-refractivity contribution in [2.24, 2.45) is 11.8 Å². The number of hydrogen-bond acceptors (Lipinski definition) is 1. The Kier molecular flexibility index (Phi) is 6.03. The van der Waals surface area contributed by atoms with Gasteiger partial charge in [0.1, 0.15) is 5.82 Å². The quantitative estimate of drug-likeness (QED) is 0.750. The standard InChI is InChI=1S/C17H25BrFN/c1-3-12-8-10-13(11-9-12)17(20-4-2)14-6-5-7-15(19)16(14)18/h5-7,12-13,17,20H,3-4,8-11H2,1-2H3. The van der Waals surface area contributed by atoms with Gasteiger partial charge in [-0.25, -0.2) is 4.39 Å². The van der Waals surface area contributed by atoms with E-state index in [1.165, 1.54) is 38.2 Å². The van der Waals surface area contributed by atoms with Gasteiger partial charge in [-0.3, -0.25) is 0 Å². The summed E-state index contributed by atoms with van der Waals surface area (Å²) in [5.74, 6) is 1.35. The molecule has 3 heteroatoms. The van der Waals surface area contributed by atoms with E-state index in [0.717, 1.165) is 18.0 Å². The number of halogens is 2. The molecule has 0 spiro atoms. The second-order valence-electron chi connectivity index (χ2n) is 5.87. The summed E-state index contributed by atoms with van der Waals surface area (Å²) >= 11 is 3.43. The first kappa shape index (κ1) is 16.0. The maximum Gasteiger partial charge on any atom is 0.137 e. The molecule has 0 aromatic heterocycles. The van der Waals surface area contributed by atoms with Crippen LogP contribution in [-0.2, 0) is 0 Å². The Hall–Kier alpha value is -0.410. The van der Waals surface area contributed by atoms with Crippen LogP contribution in [0.25, 0.3) is 0 Å². The first-order chi connectivity index (χ1) is 9.67. The van der Waals surface area contributed by atoms with Crippen LogP contribution < -0.4 is 5.32 Å². The second kappa shape index (κ2) is 7.56. The Morgan fingerprint density at radius 2 is 1.95 bits per heavy atom. The van der Waals surface area contributed by atoms with Gasteiger partial charge in [0.15, 0.2) is 0 Å². The number of rotatable bonds is 5. The summed E-state index contributed by atoms with van der Waals surface area (Å²) in [6, 6.07) is 5.65. The summed E-state index contributed by atoms with van der Waals surface area (Å²) in [6.07, 6.45) is 6.42. The van der Waals surface area contributed by atoms with Crippen molar-refractivity contribution in [1.29, 1.82) is 0 Å². The van der Waals surface area contributed by atoms with Crippen molar-refractivity contribution in [3.8, 4) is 0 Å². The summed E-state index contributed by atoms with van der Waals surface area (Å²) in [7, 11) is 0. The molecule has 0 amide bonds. The lowest BCUT2D eigenvalue weighted by Crippen LogP contribution is -2.31. The first-order valence-corrected chi connectivity index (χ1v) is 8.63. The Morgan fingerprint density at radius 1 is 1.25 bits per heavy atom. The highest BCUT2D eigenvalue weighted by molar-refractivity contribution is 9.10. The highest BCUT2D eigenvalue weighted by Crippen LogP contribution is 2.40. The summed E-state index contributed by atoms with van der Waals surface area (Å²) in [5.41, 5.74) is 1.08. The third-order valence-electron chi connectivity index (χ3n) is 4.68. The fourth-order valence-electron chi connectivity index (χ4n) is 3.44. The van der Waals surface area contributed by atoms with E-state index in [1.54, 1.807) is 0 Å². The Bertz CT molecular complexity index is 427. The molecule has 20 heavy (non-hydrogen) atoms. The topological polar surface area (TPSA) is 12.0 Å². The van der Waals surface area contributed by atoms with Gasteiger partial charge in [-0.05, 0) is 58.8 Å². The molecule has 0 bridgehead atoms. The van der Waals surface area contributed by atoms with Crippen LogP contribution in [0.4, 0.5) is 4.39 Å². The minimum atomic E-state index is -0.160. The third kappa shape index (κ3) is 3.62. The van der Waals surface area contributed by atoms with Crippen molar-refractivity contribution in [3.63, 3.8) is 0 Å². The molecular formula is C17H25BrFN. The SMILES string of the molecule is CCNC(c1cccc(F)c1Br)C1CCC(CC)CC1. The third-order valence-corrected chi connectivity index (χ3v) is 5.52. The molecule has 1 atom stereocenters. The predicted octanol–water partition coefficient (Wildman–Crippen LogP) is 5.46. The van der Waals surface area contributed by atoms with Gasteiger partial charge in [0, 0.05) is 6.04 Å². The maximum absolute atomic E-state index is 13.8. The van der Waals surface area contributed by atoms with E-state index in [4.69, 9.17) is 0 Å². The monoisotopic (exact) mass is 341 g/mol. The molecule has 1 aliphatic rings. The molecule has 0 radical (unpaired) electrons. The maximum atomic E-state index is 13.8. The van der Waals surface area contributed by atoms with Crippen molar-refractivity contribution in [1.82, 2.24) is 5.32 Å². The molecule has 1 aliphatic carbocycles. The van der Waals surface area contributed by atoms with E-state index in [-0.39, 0.29) is 11.9 Å². The van der Waals surface area contributed by atoms with Gasteiger partial charge in [0.25, 0.3) is 0 Å². The lowest BCUT2D eigenvalue weighted by Gasteiger charge is -2.34. The van der Waals surface area contributed by atoms with Crippen LogP contribution in [0.3, 0.4) is 0 Å². The van der Waals surface area contributed by atoms with Gasteiger partial charge in [-0.2, -0.15) is 0 Å². The Labute approximate surface area is 130 Å². The van der Waals surface area contributed by atoms with E-state index < -0.39 is 0 Å². The molecule has 2 rings (SSSR count). The van der Waals surface area contributed by atoms with Crippen LogP contribution in [-0.4, -0.2) is 6.54 Å². The fourth-order valence-corrected chi connectivity index (χ4v) is 3.95. The summed E-state index contributed by atoms with van der Waals surface area (Å²) in [6.45, 7) is 5.33. The number of nitrogens with one attached hydrogen (secondary N) is 1. The van der Waals surface area contributed by atoms with Gasteiger partial charge >= 0.3 is 0 Å². The van der Waals surface area contributed by atoms with Crippen LogP contribution in [0.1, 0.15) is 57.6 Å². The van der Waals surface area contributed by atoms with Crippen molar-refractivity contribution in [2.75, 3.05) is 6.54 Å². The number of benzene rings is 1. The molecule has 1 nitrogen and oxygen atoms in total. The molecule has 1 aromatic carbocycles. The second-order valence-corrected chi connectivity index (χ2v) is 6.66. The molecule has 1 N–H and O–H groups in total. The zero-order chi connectivity index (χ0) is 14.5. The average molecular weight is 342 g/mol. The van der Waals surface area contributed by atoms with Gasteiger partial charge in [-0.1, -0.05) is 45.2 Å². The van der Waals surface area contributed by atoms with Crippen molar-refractivity contribution >= 4 is 15.9 Å². The molecule has 112 valence electrons. The van der Waals surface area contributed by atoms with E-state index in [0.29, 0.717) is 10.4 Å². The van der Waals surface area contributed by atoms with Crippen LogP contribution in [0.15, 0.2) is 22.7 Å². The van der Waals surface area contributed by atoms with Gasteiger partial charge < -0.3 is 5.32 Å².